The molecule has 3 nitrogen and oxygen atoms in total. The molecule has 0 aliphatic rings. The fourth-order valence-electron chi connectivity index (χ4n) is 0.794. The summed E-state index contributed by atoms with van der Waals surface area (Å²) in [4.78, 5) is 0. The van der Waals surface area contributed by atoms with Gasteiger partial charge < -0.3 is 10.9 Å². The molecule has 1 aromatic rings. The van der Waals surface area contributed by atoms with Crippen LogP contribution in [0.25, 0.3) is 0 Å². The van der Waals surface area contributed by atoms with Gasteiger partial charge >= 0.3 is 0 Å². The topological polar surface area (TPSA) is 53.0 Å². The van der Waals surface area contributed by atoms with Crippen LogP contribution in [0.1, 0.15) is 18.7 Å². The van der Waals surface area contributed by atoms with Crippen LogP contribution >= 0.6 is 0 Å². The number of aromatic nitrogens is 1. The zero-order valence-corrected chi connectivity index (χ0v) is 5.82. The van der Waals surface area contributed by atoms with Crippen molar-refractivity contribution in [1.29, 1.82) is 0 Å². The van der Waals surface area contributed by atoms with Crippen molar-refractivity contribution in [2.45, 2.75) is 13.0 Å². The van der Waals surface area contributed by atoms with Crippen molar-refractivity contribution in [2.75, 3.05) is 0 Å². The first-order valence-electron chi connectivity index (χ1n) is 3.15. The van der Waals surface area contributed by atoms with Crippen molar-refractivity contribution in [3.63, 3.8) is 0 Å². The van der Waals surface area contributed by atoms with Gasteiger partial charge in [0, 0.05) is 12.1 Å². The zero-order valence-electron chi connectivity index (χ0n) is 5.82. The molecular weight excluding hydrogens is 128 g/mol. The Kier molecular flexibility index (Phi) is 1.87. The van der Waals surface area contributed by atoms with Gasteiger partial charge in [-0.1, -0.05) is 0 Å². The molecule has 0 saturated carbocycles. The maximum absolute atomic E-state index is 10.9. The van der Waals surface area contributed by atoms with E-state index in [1.165, 1.54) is 6.20 Å². The predicted molar refractivity (Wildman–Crippen MR) is 38.0 cm³/mol. The summed E-state index contributed by atoms with van der Waals surface area (Å²) < 4.78 is 0.782. The largest absolute Gasteiger partial charge is 0.618 e. The standard InChI is InChI=1S/C7H10N2O/c1-6(8)7-4-2-3-5-9(7)10/h2-6H,8H2,1H3/t6-/m0/s1. The molecular formula is C7H10N2O. The Morgan fingerprint density at radius 1 is 1.60 bits per heavy atom. The first kappa shape index (κ1) is 7.02. The van der Waals surface area contributed by atoms with Crippen molar-refractivity contribution in [3.8, 4) is 0 Å². The number of hydrogen-bond acceptors (Lipinski definition) is 2. The highest BCUT2D eigenvalue weighted by Gasteiger charge is 2.06. The molecule has 1 heterocycles. The molecule has 0 fully saturated rings. The minimum atomic E-state index is -0.196. The Labute approximate surface area is 59.7 Å². The molecule has 0 unspecified atom stereocenters. The number of pyridine rings is 1. The summed E-state index contributed by atoms with van der Waals surface area (Å²) in [6, 6.07) is 5.00. The summed E-state index contributed by atoms with van der Waals surface area (Å²) in [6.07, 6.45) is 1.44. The van der Waals surface area contributed by atoms with E-state index in [4.69, 9.17) is 5.73 Å². The van der Waals surface area contributed by atoms with Crippen LogP contribution in [0, 0.1) is 5.21 Å². The molecule has 10 heavy (non-hydrogen) atoms. The van der Waals surface area contributed by atoms with Crippen molar-refractivity contribution < 1.29 is 4.73 Å². The van der Waals surface area contributed by atoms with Crippen molar-refractivity contribution in [3.05, 3.63) is 35.3 Å². The third kappa shape index (κ3) is 1.25. The van der Waals surface area contributed by atoms with Gasteiger partial charge in [-0.3, -0.25) is 0 Å². The molecule has 1 atom stereocenters. The molecule has 0 bridgehead atoms. The number of hydrogen-bond donors (Lipinski definition) is 1. The van der Waals surface area contributed by atoms with Crippen LogP contribution in [-0.2, 0) is 0 Å². The van der Waals surface area contributed by atoms with E-state index in [0.717, 1.165) is 4.73 Å². The van der Waals surface area contributed by atoms with Crippen LogP contribution in [-0.4, -0.2) is 0 Å². The summed E-state index contributed by atoms with van der Waals surface area (Å²) in [7, 11) is 0. The minimum Gasteiger partial charge on any atom is -0.618 e. The van der Waals surface area contributed by atoms with Crippen LogP contribution in [0.5, 0.6) is 0 Å². The highest BCUT2D eigenvalue weighted by Crippen LogP contribution is 2.00. The smallest absolute Gasteiger partial charge is 0.209 e. The molecule has 0 spiro atoms. The average Bonchev–Trinajstić information content (AvgIpc) is 1.88. The third-order valence-corrected chi connectivity index (χ3v) is 1.32. The molecule has 0 amide bonds. The average molecular weight is 138 g/mol. The molecule has 3 heteroatoms. The third-order valence-electron chi connectivity index (χ3n) is 1.32. The van der Waals surface area contributed by atoms with Gasteiger partial charge in [0.05, 0.1) is 6.04 Å². The Hall–Kier alpha value is -1.09. The van der Waals surface area contributed by atoms with E-state index in [1.807, 2.05) is 0 Å². The Morgan fingerprint density at radius 2 is 2.30 bits per heavy atom. The SMILES string of the molecule is C[C@H](N)c1cccc[n+]1[O-]. The molecule has 1 aromatic heterocycles. The van der Waals surface area contributed by atoms with Crippen LogP contribution in [0.2, 0.25) is 0 Å². The number of nitrogens with two attached hydrogens (primary N) is 1. The molecule has 0 aliphatic heterocycles. The number of nitrogens with zero attached hydrogens (tertiary/aromatic N) is 1. The molecule has 0 aromatic carbocycles. The van der Waals surface area contributed by atoms with Crippen LogP contribution in [0.3, 0.4) is 0 Å². The summed E-state index contributed by atoms with van der Waals surface area (Å²) in [6.45, 7) is 1.78. The lowest BCUT2D eigenvalue weighted by Gasteiger charge is -2.04. The quantitative estimate of drug-likeness (QED) is 0.449. The van der Waals surface area contributed by atoms with E-state index < -0.39 is 0 Å². The lowest BCUT2D eigenvalue weighted by molar-refractivity contribution is -0.615. The van der Waals surface area contributed by atoms with Crippen molar-refractivity contribution >= 4 is 0 Å². The highest BCUT2D eigenvalue weighted by molar-refractivity contribution is 5.00. The first-order valence-corrected chi connectivity index (χ1v) is 3.15. The highest BCUT2D eigenvalue weighted by atomic mass is 16.5. The molecule has 0 radical (unpaired) electrons. The summed E-state index contributed by atoms with van der Waals surface area (Å²) in [5.41, 5.74) is 6.09. The predicted octanol–water partition coefficient (Wildman–Crippen LogP) is 0.340. The van der Waals surface area contributed by atoms with Gasteiger partial charge in [0.25, 0.3) is 0 Å². The van der Waals surface area contributed by atoms with E-state index in [9.17, 15) is 5.21 Å². The number of rotatable bonds is 1. The lowest BCUT2D eigenvalue weighted by atomic mass is 10.2. The summed E-state index contributed by atoms with van der Waals surface area (Å²) >= 11 is 0. The van der Waals surface area contributed by atoms with E-state index >= 15 is 0 Å². The maximum Gasteiger partial charge on any atom is 0.209 e. The van der Waals surface area contributed by atoms with Gasteiger partial charge in [0.1, 0.15) is 0 Å². The van der Waals surface area contributed by atoms with Crippen LogP contribution < -0.4 is 10.5 Å². The van der Waals surface area contributed by atoms with Gasteiger partial charge in [-0.05, 0) is 13.0 Å². The molecule has 1 rings (SSSR count). The molecule has 54 valence electrons. The fraction of sp³-hybridized carbons (Fsp3) is 0.286. The lowest BCUT2D eigenvalue weighted by Crippen LogP contribution is -2.34. The second-order valence-electron chi connectivity index (χ2n) is 2.24. The van der Waals surface area contributed by atoms with E-state index in [-0.39, 0.29) is 6.04 Å². The summed E-state index contributed by atoms with van der Waals surface area (Å²) in [5.74, 6) is 0. The second-order valence-corrected chi connectivity index (χ2v) is 2.24. The first-order chi connectivity index (χ1) is 4.72. The van der Waals surface area contributed by atoms with Crippen molar-refractivity contribution in [2.24, 2.45) is 5.73 Å². The van der Waals surface area contributed by atoms with Gasteiger partial charge in [0.15, 0.2) is 6.20 Å². The summed E-state index contributed by atoms with van der Waals surface area (Å²) in [5, 5.41) is 10.9. The zero-order chi connectivity index (χ0) is 7.56. The Bertz CT molecular complexity index is 223. The molecule has 0 saturated heterocycles. The van der Waals surface area contributed by atoms with Crippen LogP contribution in [0.4, 0.5) is 0 Å². The van der Waals surface area contributed by atoms with Gasteiger partial charge in [-0.25, -0.2) is 0 Å². The van der Waals surface area contributed by atoms with Crippen LogP contribution in [0.15, 0.2) is 24.4 Å². The molecule has 0 aliphatic carbocycles. The Morgan fingerprint density at radius 3 is 2.70 bits per heavy atom. The maximum atomic E-state index is 10.9. The normalized spacial score (nSPS) is 13.0. The van der Waals surface area contributed by atoms with Gasteiger partial charge in [0.2, 0.25) is 5.69 Å². The second kappa shape index (κ2) is 2.66. The van der Waals surface area contributed by atoms with Gasteiger partial charge in [-0.2, -0.15) is 4.73 Å². The fourth-order valence-corrected chi connectivity index (χ4v) is 0.794. The van der Waals surface area contributed by atoms with Gasteiger partial charge in [-0.15, -0.1) is 0 Å². The van der Waals surface area contributed by atoms with E-state index in [0.29, 0.717) is 5.69 Å². The molecule has 2 N–H and O–H groups in total. The van der Waals surface area contributed by atoms with E-state index in [2.05, 4.69) is 0 Å². The minimum absolute atomic E-state index is 0.196. The monoisotopic (exact) mass is 138 g/mol. The Balaban J connectivity index is 3.03. The van der Waals surface area contributed by atoms with Crippen molar-refractivity contribution in [1.82, 2.24) is 0 Å². The van der Waals surface area contributed by atoms with E-state index in [1.54, 1.807) is 25.1 Å².